The summed E-state index contributed by atoms with van der Waals surface area (Å²) in [5, 5.41) is 5.05. The molecule has 148 valence electrons. The average molecular weight is 406 g/mol. The van der Waals surface area contributed by atoms with Gasteiger partial charge in [-0.15, -0.1) is 11.3 Å². The highest BCUT2D eigenvalue weighted by Crippen LogP contribution is 2.27. The Labute approximate surface area is 173 Å². The molecule has 4 rings (SSSR count). The molecule has 0 radical (unpaired) electrons. The summed E-state index contributed by atoms with van der Waals surface area (Å²) >= 11 is 1.49. The number of carbonyl (C=O) groups is 2. The normalized spacial score (nSPS) is 11.1. The van der Waals surface area contributed by atoms with Crippen LogP contribution in [0.15, 0.2) is 60.8 Å². The van der Waals surface area contributed by atoms with Crippen LogP contribution in [0.3, 0.4) is 0 Å². The van der Waals surface area contributed by atoms with Gasteiger partial charge in [-0.2, -0.15) is 0 Å². The fourth-order valence-corrected chi connectivity index (χ4v) is 4.48. The Balaban J connectivity index is 1.52. The maximum atomic E-state index is 12.7. The molecule has 0 bridgehead atoms. The molecule has 0 saturated heterocycles. The number of thiophene rings is 1. The number of aromatic nitrogens is 1. The van der Waals surface area contributed by atoms with Crippen LogP contribution in [0.25, 0.3) is 21.0 Å². The Kier molecular flexibility index (Phi) is 5.36. The van der Waals surface area contributed by atoms with Crippen molar-refractivity contribution < 1.29 is 9.59 Å². The van der Waals surface area contributed by atoms with Crippen molar-refractivity contribution >= 4 is 49.8 Å². The van der Waals surface area contributed by atoms with E-state index < -0.39 is 0 Å². The Morgan fingerprint density at radius 3 is 2.55 bits per heavy atom. The Morgan fingerprint density at radius 2 is 1.79 bits per heavy atom. The lowest BCUT2D eigenvalue weighted by Gasteiger charge is -2.19. The molecule has 6 heteroatoms. The molecule has 4 aromatic rings. The molecule has 0 aliphatic rings. The molecule has 0 aliphatic carbocycles. The van der Waals surface area contributed by atoms with Crippen LogP contribution >= 0.6 is 11.3 Å². The molecule has 5 nitrogen and oxygen atoms in total. The first kappa shape index (κ1) is 19.2. The van der Waals surface area contributed by atoms with Gasteiger partial charge in [0, 0.05) is 40.6 Å². The average Bonchev–Trinajstić information content (AvgIpc) is 3.33. The Bertz CT molecular complexity index is 1150. The predicted molar refractivity (Wildman–Crippen MR) is 120 cm³/mol. The van der Waals surface area contributed by atoms with Crippen LogP contribution in [0.5, 0.6) is 0 Å². The number of nitrogens with zero attached hydrogens (tertiary/aromatic N) is 2. The largest absolute Gasteiger partial charge is 0.342 e. The van der Waals surface area contributed by atoms with Crippen molar-refractivity contribution in [2.24, 2.45) is 0 Å². The van der Waals surface area contributed by atoms with Crippen molar-refractivity contribution in [1.29, 1.82) is 0 Å². The zero-order valence-corrected chi connectivity index (χ0v) is 17.3. The first-order valence-electron chi connectivity index (χ1n) is 9.75. The minimum atomic E-state index is -0.110. The number of hydrogen-bond acceptors (Lipinski definition) is 3. The highest BCUT2D eigenvalue weighted by Gasteiger charge is 2.13. The number of amides is 2. The molecule has 0 spiro atoms. The van der Waals surface area contributed by atoms with E-state index in [9.17, 15) is 9.59 Å². The van der Waals surface area contributed by atoms with Gasteiger partial charge in [0.15, 0.2) is 0 Å². The fourth-order valence-electron chi connectivity index (χ4n) is 3.52. The molecule has 0 unspecified atom stereocenters. The van der Waals surface area contributed by atoms with E-state index in [0.29, 0.717) is 24.5 Å². The second kappa shape index (κ2) is 8.09. The van der Waals surface area contributed by atoms with Gasteiger partial charge in [-0.1, -0.05) is 18.2 Å². The molecule has 2 aromatic carbocycles. The van der Waals surface area contributed by atoms with E-state index in [1.54, 1.807) is 0 Å². The maximum Gasteiger partial charge on any atom is 0.265 e. The van der Waals surface area contributed by atoms with Crippen molar-refractivity contribution in [3.8, 4) is 0 Å². The van der Waals surface area contributed by atoms with E-state index in [2.05, 4.69) is 5.32 Å². The first-order valence-corrected chi connectivity index (χ1v) is 10.6. The van der Waals surface area contributed by atoms with Gasteiger partial charge in [0.1, 0.15) is 6.54 Å². The van der Waals surface area contributed by atoms with Crippen molar-refractivity contribution in [3.63, 3.8) is 0 Å². The third-order valence-electron chi connectivity index (χ3n) is 5.10. The Hall–Kier alpha value is -3.12. The molecule has 0 atom stereocenters. The van der Waals surface area contributed by atoms with Crippen LogP contribution < -0.4 is 5.32 Å². The molecule has 0 saturated carbocycles. The number of hydrogen-bond donors (Lipinski definition) is 1. The minimum absolute atomic E-state index is 0.106. The molecule has 1 N–H and O–H groups in total. The lowest BCUT2D eigenvalue weighted by molar-refractivity contribution is -0.131. The lowest BCUT2D eigenvalue weighted by atomic mass is 10.2. The molecule has 2 heterocycles. The van der Waals surface area contributed by atoms with Gasteiger partial charge in [-0.3, -0.25) is 9.59 Å². The van der Waals surface area contributed by atoms with Crippen LogP contribution in [0.4, 0.5) is 5.69 Å². The molecular formula is C23H23N3O2S. The van der Waals surface area contributed by atoms with E-state index in [0.717, 1.165) is 26.7 Å². The van der Waals surface area contributed by atoms with Crippen LogP contribution in [-0.2, 0) is 11.3 Å². The second-order valence-electron chi connectivity index (χ2n) is 6.89. The van der Waals surface area contributed by atoms with E-state index in [1.807, 2.05) is 84.1 Å². The molecule has 2 amide bonds. The predicted octanol–water partition coefficient (Wildman–Crippen LogP) is 4.98. The summed E-state index contributed by atoms with van der Waals surface area (Å²) in [6.07, 6.45) is 1.92. The van der Waals surface area contributed by atoms with Gasteiger partial charge in [-0.05, 0) is 55.6 Å². The van der Waals surface area contributed by atoms with Crippen LogP contribution in [-0.4, -0.2) is 34.4 Å². The topological polar surface area (TPSA) is 54.3 Å². The quantitative estimate of drug-likeness (QED) is 0.492. The smallest absolute Gasteiger partial charge is 0.265 e. The molecule has 0 aliphatic heterocycles. The number of carbonyl (C=O) groups excluding carboxylic acids is 2. The standard InChI is InChI=1S/C23H23N3O2S/c1-3-25(4-2)22(27)15-26-12-11-16-13-18(9-10-19(16)26)24-23(28)21-14-17-7-5-6-8-20(17)29-21/h5-14H,3-4,15H2,1-2H3,(H,24,28). The molecular weight excluding hydrogens is 382 g/mol. The molecule has 2 aromatic heterocycles. The zero-order chi connectivity index (χ0) is 20.4. The minimum Gasteiger partial charge on any atom is -0.342 e. The van der Waals surface area contributed by atoms with Crippen LogP contribution in [0.1, 0.15) is 23.5 Å². The summed E-state index contributed by atoms with van der Waals surface area (Å²) in [6.45, 7) is 5.71. The van der Waals surface area contributed by atoms with Crippen molar-refractivity contribution in [3.05, 3.63) is 65.7 Å². The summed E-state index contributed by atoms with van der Waals surface area (Å²) < 4.78 is 3.05. The highest BCUT2D eigenvalue weighted by atomic mass is 32.1. The van der Waals surface area contributed by atoms with Crippen molar-refractivity contribution in [1.82, 2.24) is 9.47 Å². The monoisotopic (exact) mass is 405 g/mol. The van der Waals surface area contributed by atoms with Crippen molar-refractivity contribution in [2.45, 2.75) is 20.4 Å². The molecule has 29 heavy (non-hydrogen) atoms. The fraction of sp³-hybridized carbons (Fsp3) is 0.217. The number of likely N-dealkylation sites (N-methyl/N-ethyl adjacent to an activating group) is 1. The first-order chi connectivity index (χ1) is 14.1. The lowest BCUT2D eigenvalue weighted by Crippen LogP contribution is -2.33. The summed E-state index contributed by atoms with van der Waals surface area (Å²) in [5.74, 6) is -0.00339. The number of nitrogens with one attached hydrogen (secondary N) is 1. The van der Waals surface area contributed by atoms with Crippen LogP contribution in [0.2, 0.25) is 0 Å². The van der Waals surface area contributed by atoms with E-state index in [-0.39, 0.29) is 11.8 Å². The van der Waals surface area contributed by atoms with Gasteiger partial charge < -0.3 is 14.8 Å². The second-order valence-corrected chi connectivity index (χ2v) is 7.97. The highest BCUT2D eigenvalue weighted by molar-refractivity contribution is 7.20. The number of rotatable bonds is 6. The van der Waals surface area contributed by atoms with Crippen LogP contribution in [0, 0.1) is 0 Å². The SMILES string of the molecule is CCN(CC)C(=O)Cn1ccc2cc(NC(=O)c3cc4ccccc4s3)ccc21. The van der Waals surface area contributed by atoms with E-state index in [4.69, 9.17) is 0 Å². The van der Waals surface area contributed by atoms with Gasteiger partial charge >= 0.3 is 0 Å². The third kappa shape index (κ3) is 3.89. The summed E-state index contributed by atoms with van der Waals surface area (Å²) in [6, 6.07) is 17.6. The van der Waals surface area contributed by atoms with Gasteiger partial charge in [-0.25, -0.2) is 0 Å². The maximum absolute atomic E-state index is 12.7. The van der Waals surface area contributed by atoms with E-state index in [1.165, 1.54) is 11.3 Å². The molecule has 0 fully saturated rings. The summed E-state index contributed by atoms with van der Waals surface area (Å²) in [4.78, 5) is 27.6. The third-order valence-corrected chi connectivity index (χ3v) is 6.21. The van der Waals surface area contributed by atoms with Gasteiger partial charge in [0.05, 0.1) is 4.88 Å². The number of fused-ring (bicyclic) bond motifs is 2. The Morgan fingerprint density at radius 1 is 1.00 bits per heavy atom. The zero-order valence-electron chi connectivity index (χ0n) is 16.5. The van der Waals surface area contributed by atoms with Gasteiger partial charge in [0.2, 0.25) is 5.91 Å². The van der Waals surface area contributed by atoms with Crippen molar-refractivity contribution in [2.75, 3.05) is 18.4 Å². The number of anilines is 1. The van der Waals surface area contributed by atoms with E-state index >= 15 is 0 Å². The summed E-state index contributed by atoms with van der Waals surface area (Å²) in [7, 11) is 0. The summed E-state index contributed by atoms with van der Waals surface area (Å²) in [5.41, 5.74) is 1.72. The number of benzene rings is 2. The van der Waals surface area contributed by atoms with Gasteiger partial charge in [0.25, 0.3) is 5.91 Å².